The number of nitrogen functional groups attached to an aromatic ring is 1. The van der Waals surface area contributed by atoms with Crippen molar-refractivity contribution in [2.24, 2.45) is 0 Å². The summed E-state index contributed by atoms with van der Waals surface area (Å²) in [5.74, 6) is 1.13. The van der Waals surface area contributed by atoms with Crippen LogP contribution in [0.3, 0.4) is 0 Å². The van der Waals surface area contributed by atoms with Gasteiger partial charge in [0.15, 0.2) is 5.82 Å². The van der Waals surface area contributed by atoms with Crippen molar-refractivity contribution in [3.8, 4) is 17.0 Å². The molecule has 6 heteroatoms. The Bertz CT molecular complexity index is 483. The number of anilines is 1. The topological polar surface area (TPSA) is 73.9 Å². The Kier molecular flexibility index (Phi) is 3.00. The van der Waals surface area contributed by atoms with Crippen molar-refractivity contribution < 1.29 is 4.74 Å². The number of rotatable bonds is 3. The first kappa shape index (κ1) is 10.8. The van der Waals surface area contributed by atoms with Crippen LogP contribution >= 0.6 is 11.7 Å². The summed E-state index contributed by atoms with van der Waals surface area (Å²) < 4.78 is 13.6. The smallest absolute Gasteiger partial charge is 0.165 e. The molecule has 2 N–H and O–H groups in total. The van der Waals surface area contributed by atoms with Crippen LogP contribution < -0.4 is 10.5 Å². The number of aromatic nitrogens is 3. The van der Waals surface area contributed by atoms with Crippen molar-refractivity contribution in [3.63, 3.8) is 0 Å². The summed E-state index contributed by atoms with van der Waals surface area (Å²) in [4.78, 5) is 4.09. The van der Waals surface area contributed by atoms with Crippen molar-refractivity contribution in [3.05, 3.63) is 18.5 Å². The predicted octanol–water partition coefficient (Wildman–Crippen LogP) is 1.97. The number of hydrogen-bond donors (Lipinski definition) is 1. The van der Waals surface area contributed by atoms with Crippen molar-refractivity contribution >= 4 is 17.5 Å². The zero-order valence-corrected chi connectivity index (χ0v) is 9.86. The van der Waals surface area contributed by atoms with E-state index in [1.165, 1.54) is 0 Å². The third-order valence-corrected chi connectivity index (χ3v) is 2.41. The molecule has 0 unspecified atom stereocenters. The van der Waals surface area contributed by atoms with E-state index in [9.17, 15) is 0 Å². The highest BCUT2D eigenvalue weighted by atomic mass is 32.1. The maximum Gasteiger partial charge on any atom is 0.165 e. The van der Waals surface area contributed by atoms with Crippen LogP contribution in [0, 0.1) is 0 Å². The highest BCUT2D eigenvalue weighted by molar-refractivity contribution is 6.99. The molecule has 0 aliphatic rings. The highest BCUT2D eigenvalue weighted by Gasteiger charge is 2.09. The first-order chi connectivity index (χ1) is 7.66. The SMILES string of the molecule is CC(C)Oc1cncc(-c2nsnc2N)c1. The van der Waals surface area contributed by atoms with Crippen molar-refractivity contribution in [2.45, 2.75) is 20.0 Å². The van der Waals surface area contributed by atoms with E-state index in [0.29, 0.717) is 17.3 Å². The van der Waals surface area contributed by atoms with Gasteiger partial charge in [0.05, 0.1) is 24.0 Å². The van der Waals surface area contributed by atoms with E-state index >= 15 is 0 Å². The summed E-state index contributed by atoms with van der Waals surface area (Å²) in [5.41, 5.74) is 7.17. The molecule has 0 spiro atoms. The summed E-state index contributed by atoms with van der Waals surface area (Å²) in [6.45, 7) is 3.93. The number of ether oxygens (including phenoxy) is 1. The Labute approximate surface area is 97.6 Å². The third kappa shape index (κ3) is 2.27. The van der Waals surface area contributed by atoms with Gasteiger partial charge in [0.2, 0.25) is 0 Å². The van der Waals surface area contributed by atoms with Gasteiger partial charge in [-0.1, -0.05) is 0 Å². The Balaban J connectivity index is 2.33. The van der Waals surface area contributed by atoms with E-state index < -0.39 is 0 Å². The lowest BCUT2D eigenvalue weighted by atomic mass is 10.2. The van der Waals surface area contributed by atoms with Gasteiger partial charge < -0.3 is 10.5 Å². The van der Waals surface area contributed by atoms with E-state index in [0.717, 1.165) is 17.3 Å². The zero-order valence-electron chi connectivity index (χ0n) is 9.04. The first-order valence-electron chi connectivity index (χ1n) is 4.87. The Morgan fingerprint density at radius 3 is 2.75 bits per heavy atom. The molecule has 2 heterocycles. The van der Waals surface area contributed by atoms with Crippen LogP contribution in [-0.4, -0.2) is 19.8 Å². The minimum atomic E-state index is 0.114. The molecule has 16 heavy (non-hydrogen) atoms. The molecule has 2 aromatic rings. The van der Waals surface area contributed by atoms with Crippen LogP contribution in [0.2, 0.25) is 0 Å². The molecule has 84 valence electrons. The Morgan fingerprint density at radius 1 is 1.31 bits per heavy atom. The van der Waals surface area contributed by atoms with Crippen LogP contribution in [0.4, 0.5) is 5.82 Å². The fourth-order valence-corrected chi connectivity index (χ4v) is 1.78. The summed E-state index contributed by atoms with van der Waals surface area (Å²) in [6, 6.07) is 1.86. The van der Waals surface area contributed by atoms with Gasteiger partial charge in [0.1, 0.15) is 11.4 Å². The van der Waals surface area contributed by atoms with Crippen molar-refractivity contribution in [2.75, 3.05) is 5.73 Å². The van der Waals surface area contributed by atoms with Gasteiger partial charge in [-0.2, -0.15) is 8.75 Å². The Morgan fingerprint density at radius 2 is 2.12 bits per heavy atom. The molecule has 5 nitrogen and oxygen atoms in total. The minimum absolute atomic E-state index is 0.114. The standard InChI is InChI=1S/C10H12N4OS/c1-6(2)15-8-3-7(4-12-5-8)9-10(11)14-16-13-9/h3-6H,1-2H3,(H2,11,14). The molecule has 2 rings (SSSR count). The van der Waals surface area contributed by atoms with Crippen LogP contribution in [0.15, 0.2) is 18.5 Å². The average Bonchev–Trinajstić information content (AvgIpc) is 2.64. The van der Waals surface area contributed by atoms with Crippen LogP contribution in [0.25, 0.3) is 11.3 Å². The predicted molar refractivity (Wildman–Crippen MR) is 63.3 cm³/mol. The van der Waals surface area contributed by atoms with E-state index in [1.54, 1.807) is 12.4 Å². The lowest BCUT2D eigenvalue weighted by Crippen LogP contribution is -2.05. The molecule has 0 saturated heterocycles. The summed E-state index contributed by atoms with van der Waals surface area (Å²) in [5, 5.41) is 0. The average molecular weight is 236 g/mol. The minimum Gasteiger partial charge on any atom is -0.489 e. The largest absolute Gasteiger partial charge is 0.489 e. The molecule has 0 aliphatic carbocycles. The second-order valence-electron chi connectivity index (χ2n) is 3.57. The quantitative estimate of drug-likeness (QED) is 0.881. The van der Waals surface area contributed by atoms with Gasteiger partial charge in [-0.25, -0.2) is 0 Å². The normalized spacial score (nSPS) is 10.7. The molecule has 0 aromatic carbocycles. The fourth-order valence-electron chi connectivity index (χ4n) is 1.28. The number of pyridine rings is 1. The summed E-state index contributed by atoms with van der Waals surface area (Å²) in [7, 11) is 0. The molecule has 0 bridgehead atoms. The monoisotopic (exact) mass is 236 g/mol. The lowest BCUT2D eigenvalue weighted by Gasteiger charge is -2.09. The van der Waals surface area contributed by atoms with Gasteiger partial charge in [-0.15, -0.1) is 0 Å². The fraction of sp³-hybridized carbons (Fsp3) is 0.300. The second kappa shape index (κ2) is 4.44. The number of hydrogen-bond acceptors (Lipinski definition) is 6. The lowest BCUT2D eigenvalue weighted by molar-refractivity contribution is 0.241. The first-order valence-corrected chi connectivity index (χ1v) is 5.60. The van der Waals surface area contributed by atoms with E-state index in [1.807, 2.05) is 19.9 Å². The summed E-state index contributed by atoms with van der Waals surface area (Å²) in [6.07, 6.45) is 3.47. The third-order valence-electron chi connectivity index (χ3n) is 1.87. The molecule has 0 amide bonds. The van der Waals surface area contributed by atoms with E-state index in [2.05, 4.69) is 13.7 Å². The molecule has 0 saturated carbocycles. The molecule has 0 radical (unpaired) electrons. The van der Waals surface area contributed by atoms with Gasteiger partial charge in [-0.3, -0.25) is 4.98 Å². The zero-order chi connectivity index (χ0) is 11.5. The van der Waals surface area contributed by atoms with E-state index in [4.69, 9.17) is 10.5 Å². The molecular weight excluding hydrogens is 224 g/mol. The summed E-state index contributed by atoms with van der Waals surface area (Å²) >= 11 is 1.09. The number of nitrogens with zero attached hydrogens (tertiary/aromatic N) is 3. The van der Waals surface area contributed by atoms with Crippen LogP contribution in [0.1, 0.15) is 13.8 Å². The maximum absolute atomic E-state index is 5.69. The van der Waals surface area contributed by atoms with Gasteiger partial charge in [0.25, 0.3) is 0 Å². The molecular formula is C10H12N4OS. The highest BCUT2D eigenvalue weighted by Crippen LogP contribution is 2.25. The molecule has 0 fully saturated rings. The van der Waals surface area contributed by atoms with Gasteiger partial charge >= 0.3 is 0 Å². The van der Waals surface area contributed by atoms with Crippen molar-refractivity contribution in [1.29, 1.82) is 0 Å². The molecule has 0 aliphatic heterocycles. The maximum atomic E-state index is 5.69. The van der Waals surface area contributed by atoms with Crippen LogP contribution in [0.5, 0.6) is 5.75 Å². The number of nitrogens with two attached hydrogens (primary N) is 1. The Hall–Kier alpha value is -1.69. The van der Waals surface area contributed by atoms with Gasteiger partial charge in [0, 0.05) is 11.8 Å². The molecule has 0 atom stereocenters. The van der Waals surface area contributed by atoms with Crippen molar-refractivity contribution in [1.82, 2.24) is 13.7 Å². The van der Waals surface area contributed by atoms with E-state index in [-0.39, 0.29) is 6.10 Å². The van der Waals surface area contributed by atoms with Crippen LogP contribution in [-0.2, 0) is 0 Å². The molecule has 2 aromatic heterocycles. The second-order valence-corrected chi connectivity index (χ2v) is 4.10. The van der Waals surface area contributed by atoms with Gasteiger partial charge in [-0.05, 0) is 19.9 Å².